The number of hydrogen-bond acceptors (Lipinski definition) is 7. The molecule has 0 bridgehead atoms. The van der Waals surface area contributed by atoms with Gasteiger partial charge in [0.05, 0.1) is 30.4 Å². The van der Waals surface area contributed by atoms with Crippen LogP contribution < -0.4 is 9.47 Å². The van der Waals surface area contributed by atoms with Crippen LogP contribution >= 0.6 is 0 Å². The minimum Gasteiger partial charge on any atom is -0.494 e. The van der Waals surface area contributed by atoms with Gasteiger partial charge in [-0.3, -0.25) is 0 Å². The molecule has 3 rings (SSSR count). The van der Waals surface area contributed by atoms with Crippen LogP contribution in [0.5, 0.6) is 11.5 Å². The van der Waals surface area contributed by atoms with E-state index in [-0.39, 0.29) is 42.4 Å². The first kappa shape index (κ1) is 41.7. The average Bonchev–Trinajstić information content (AvgIpc) is 3.09. The number of hydrogen-bond donors (Lipinski definition) is 0. The predicted molar refractivity (Wildman–Crippen MR) is 173 cm³/mol. The first-order valence-electron chi connectivity index (χ1n) is 16.5. The molecule has 0 radical (unpaired) electrons. The number of ether oxygens (including phenoxy) is 4. The molecule has 0 aromatic heterocycles. The van der Waals surface area contributed by atoms with E-state index in [1.165, 1.54) is 24.3 Å². The fourth-order valence-corrected chi connectivity index (χ4v) is 4.73. The van der Waals surface area contributed by atoms with Crippen molar-refractivity contribution in [2.45, 2.75) is 89.3 Å². The van der Waals surface area contributed by atoms with E-state index >= 15 is 0 Å². The number of carbonyl (C=O) groups is 3. The standard InChI is InChI=1S/C37H38F8O7/c1-3-4-5-7-10-24(2)51-33(47)30-20-19-29(23-31(30)38)52-32(46)27-13-11-25(12-14-27)26-15-17-28(18-16-26)49-21-8-6-9-22-50-34(48)35(39,40)36(41,42)37(43,44)45/h11-20,23-24H,3-10,21-22H2,1-2H3/t24-/m0/s1. The molecule has 0 N–H and O–H groups in total. The minimum absolute atomic E-state index is 0.0798. The minimum atomic E-state index is -6.63. The van der Waals surface area contributed by atoms with Crippen LogP contribution in [0.15, 0.2) is 66.7 Å². The molecule has 1 atom stereocenters. The van der Waals surface area contributed by atoms with Crippen molar-refractivity contribution in [1.82, 2.24) is 0 Å². The normalized spacial score (nSPS) is 12.6. The molecule has 0 saturated carbocycles. The number of esters is 3. The smallest absolute Gasteiger partial charge is 0.460 e. The molecule has 0 aliphatic heterocycles. The van der Waals surface area contributed by atoms with E-state index in [1.54, 1.807) is 43.3 Å². The first-order chi connectivity index (χ1) is 24.5. The molecule has 15 heteroatoms. The van der Waals surface area contributed by atoms with Gasteiger partial charge in [-0.15, -0.1) is 0 Å². The van der Waals surface area contributed by atoms with E-state index in [4.69, 9.17) is 14.2 Å². The molecule has 0 fully saturated rings. The fraction of sp³-hybridized carbons (Fsp3) is 0.432. The monoisotopic (exact) mass is 746 g/mol. The third kappa shape index (κ3) is 11.4. The lowest BCUT2D eigenvalue weighted by Gasteiger charge is -2.26. The van der Waals surface area contributed by atoms with Crippen LogP contribution in [0.4, 0.5) is 35.1 Å². The highest BCUT2D eigenvalue weighted by Crippen LogP contribution is 2.47. The maximum Gasteiger partial charge on any atom is 0.460 e. The molecule has 0 saturated heterocycles. The number of unbranched alkanes of at least 4 members (excludes halogenated alkanes) is 5. The number of carbonyl (C=O) groups excluding carboxylic acids is 3. The van der Waals surface area contributed by atoms with E-state index in [0.717, 1.165) is 42.9 Å². The summed E-state index contributed by atoms with van der Waals surface area (Å²) in [5.74, 6) is -17.6. The zero-order valence-corrected chi connectivity index (χ0v) is 28.4. The van der Waals surface area contributed by atoms with Crippen LogP contribution in [0.2, 0.25) is 0 Å². The summed E-state index contributed by atoms with van der Waals surface area (Å²) in [6.45, 7) is 3.21. The van der Waals surface area contributed by atoms with E-state index in [0.29, 0.717) is 18.6 Å². The molecule has 0 heterocycles. The van der Waals surface area contributed by atoms with Gasteiger partial charge in [0.15, 0.2) is 0 Å². The Labute approximate surface area is 295 Å². The van der Waals surface area contributed by atoms with E-state index in [2.05, 4.69) is 11.7 Å². The quantitative estimate of drug-likeness (QED) is 0.0522. The van der Waals surface area contributed by atoms with Crippen molar-refractivity contribution < 1.29 is 68.5 Å². The molecule has 0 unspecified atom stereocenters. The summed E-state index contributed by atoms with van der Waals surface area (Å²) in [6.07, 6.45) is -1.74. The van der Waals surface area contributed by atoms with Crippen molar-refractivity contribution in [1.29, 1.82) is 0 Å². The highest BCUT2D eigenvalue weighted by atomic mass is 19.4. The maximum absolute atomic E-state index is 14.7. The summed E-state index contributed by atoms with van der Waals surface area (Å²) >= 11 is 0. The van der Waals surface area contributed by atoms with Gasteiger partial charge in [-0.25, -0.2) is 18.8 Å². The second-order valence-corrected chi connectivity index (χ2v) is 11.9. The molecule has 0 aliphatic carbocycles. The zero-order chi connectivity index (χ0) is 38.5. The van der Waals surface area contributed by atoms with Crippen molar-refractivity contribution in [2.24, 2.45) is 0 Å². The van der Waals surface area contributed by atoms with Crippen molar-refractivity contribution in [3.63, 3.8) is 0 Å². The molecule has 52 heavy (non-hydrogen) atoms. The SMILES string of the molecule is CCCCCC[C@H](C)OC(=O)c1ccc(OC(=O)c2ccc(-c3ccc(OCCCCCOC(=O)C(F)(F)C(F)(F)C(F)(F)F)cc3)cc2)cc1F. The van der Waals surface area contributed by atoms with Gasteiger partial charge in [0.25, 0.3) is 0 Å². The molecule has 284 valence electrons. The van der Waals surface area contributed by atoms with Gasteiger partial charge in [0.1, 0.15) is 17.3 Å². The lowest BCUT2D eigenvalue weighted by Crippen LogP contribution is -2.56. The largest absolute Gasteiger partial charge is 0.494 e. The molecule has 3 aromatic rings. The molecule has 0 aliphatic rings. The molecule has 7 nitrogen and oxygen atoms in total. The number of benzene rings is 3. The Morgan fingerprint density at radius 1 is 0.692 bits per heavy atom. The van der Waals surface area contributed by atoms with Crippen molar-refractivity contribution in [3.05, 3.63) is 83.7 Å². The molecule has 0 amide bonds. The number of rotatable bonds is 19. The Kier molecular flexibility index (Phi) is 15.0. The van der Waals surface area contributed by atoms with Crippen LogP contribution in [-0.4, -0.2) is 55.2 Å². The van der Waals surface area contributed by atoms with E-state index < -0.39 is 48.4 Å². The Morgan fingerprint density at radius 3 is 1.87 bits per heavy atom. The summed E-state index contributed by atoms with van der Waals surface area (Å²) in [4.78, 5) is 36.2. The molecular formula is C37H38F8O7. The second-order valence-electron chi connectivity index (χ2n) is 11.9. The summed E-state index contributed by atoms with van der Waals surface area (Å²) in [6, 6.07) is 16.6. The molecule has 0 spiro atoms. The first-order valence-corrected chi connectivity index (χ1v) is 16.5. The lowest BCUT2D eigenvalue weighted by molar-refractivity contribution is -0.348. The number of alkyl halides is 7. The van der Waals surface area contributed by atoms with Gasteiger partial charge < -0.3 is 18.9 Å². The van der Waals surface area contributed by atoms with Gasteiger partial charge in [0.2, 0.25) is 0 Å². The molecule has 3 aromatic carbocycles. The Hall–Kier alpha value is -4.69. The van der Waals surface area contributed by atoms with E-state index in [9.17, 15) is 49.5 Å². The summed E-state index contributed by atoms with van der Waals surface area (Å²) in [5.41, 5.74) is 1.43. The summed E-state index contributed by atoms with van der Waals surface area (Å²) in [5, 5.41) is 0. The van der Waals surface area contributed by atoms with E-state index in [1.807, 2.05) is 0 Å². The summed E-state index contributed by atoms with van der Waals surface area (Å²) in [7, 11) is 0. The van der Waals surface area contributed by atoms with Crippen LogP contribution in [0.1, 0.15) is 85.9 Å². The third-order valence-electron chi connectivity index (χ3n) is 7.75. The van der Waals surface area contributed by atoms with Crippen molar-refractivity contribution in [2.75, 3.05) is 13.2 Å². The van der Waals surface area contributed by atoms with Gasteiger partial charge in [-0.05, 0) is 86.6 Å². The third-order valence-corrected chi connectivity index (χ3v) is 7.75. The van der Waals surface area contributed by atoms with Crippen molar-refractivity contribution in [3.8, 4) is 22.6 Å². The van der Waals surface area contributed by atoms with Crippen LogP contribution in [0.3, 0.4) is 0 Å². The van der Waals surface area contributed by atoms with Crippen LogP contribution in [-0.2, 0) is 14.3 Å². The highest BCUT2D eigenvalue weighted by Gasteiger charge is 2.77. The molecular weight excluding hydrogens is 708 g/mol. The second kappa shape index (κ2) is 18.7. The Morgan fingerprint density at radius 2 is 1.27 bits per heavy atom. The summed E-state index contributed by atoms with van der Waals surface area (Å²) < 4.78 is 124. The van der Waals surface area contributed by atoms with Gasteiger partial charge in [-0.2, -0.15) is 30.7 Å². The Bertz CT molecular complexity index is 1620. The topological polar surface area (TPSA) is 88.1 Å². The van der Waals surface area contributed by atoms with Crippen LogP contribution in [0.25, 0.3) is 11.1 Å². The Balaban J connectivity index is 1.41. The maximum atomic E-state index is 14.7. The lowest BCUT2D eigenvalue weighted by atomic mass is 10.0. The number of halogens is 8. The van der Waals surface area contributed by atoms with Gasteiger partial charge in [-0.1, -0.05) is 50.5 Å². The van der Waals surface area contributed by atoms with Gasteiger partial charge >= 0.3 is 35.9 Å². The fourth-order valence-electron chi connectivity index (χ4n) is 4.73. The average molecular weight is 747 g/mol. The predicted octanol–water partition coefficient (Wildman–Crippen LogP) is 10.2. The zero-order valence-electron chi connectivity index (χ0n) is 28.4. The van der Waals surface area contributed by atoms with Crippen LogP contribution in [0, 0.1) is 5.82 Å². The van der Waals surface area contributed by atoms with Gasteiger partial charge in [0, 0.05) is 6.07 Å². The van der Waals surface area contributed by atoms with Crippen molar-refractivity contribution >= 4 is 17.9 Å². The highest BCUT2D eigenvalue weighted by molar-refractivity contribution is 5.92.